The number of carbonyl (C=O) groups excluding carboxylic acids is 1. The molecule has 1 aliphatic carbocycles. The molecule has 1 rings (SSSR count). The Balaban J connectivity index is 2.27. The van der Waals surface area contributed by atoms with Crippen LogP contribution in [0.5, 0.6) is 0 Å². The molecule has 0 spiro atoms. The van der Waals surface area contributed by atoms with Crippen molar-refractivity contribution in [2.75, 3.05) is 6.54 Å². The zero-order valence-corrected chi connectivity index (χ0v) is 10.4. The van der Waals surface area contributed by atoms with E-state index in [2.05, 4.69) is 38.3 Å². The van der Waals surface area contributed by atoms with Gasteiger partial charge in [0.15, 0.2) is 0 Å². The number of hydrogen-bond donors (Lipinski definition) is 2. The molecule has 0 aromatic rings. The first-order valence-electron chi connectivity index (χ1n) is 6.02. The van der Waals surface area contributed by atoms with Crippen LogP contribution in [0.25, 0.3) is 0 Å². The molecule has 2 N–H and O–H groups in total. The van der Waals surface area contributed by atoms with E-state index in [4.69, 9.17) is 0 Å². The van der Waals surface area contributed by atoms with Crippen LogP contribution in [-0.2, 0) is 4.79 Å². The molecule has 88 valence electrons. The first-order valence-corrected chi connectivity index (χ1v) is 6.02. The molecule has 3 heteroatoms. The molecular formula is C12H24N2O. The number of carbonyl (C=O) groups is 1. The zero-order valence-electron chi connectivity index (χ0n) is 10.4. The highest BCUT2D eigenvalue weighted by Gasteiger charge is 2.49. The van der Waals surface area contributed by atoms with Crippen LogP contribution >= 0.6 is 0 Å². The van der Waals surface area contributed by atoms with E-state index < -0.39 is 0 Å². The Morgan fingerprint density at radius 3 is 2.27 bits per heavy atom. The summed E-state index contributed by atoms with van der Waals surface area (Å²) in [5.74, 6) is 0.843. The standard InChI is InChI=1S/C12H24N2O/c1-9(2)5-8-13-11(15)12(6-7-12)14-10(3)4/h9-10,14H,5-8H2,1-4H3,(H,13,15). The van der Waals surface area contributed by atoms with Crippen molar-refractivity contribution in [2.45, 2.75) is 58.5 Å². The molecule has 1 fully saturated rings. The van der Waals surface area contributed by atoms with E-state index in [1.165, 1.54) is 0 Å². The first-order chi connectivity index (χ1) is 6.96. The molecule has 0 aromatic heterocycles. The van der Waals surface area contributed by atoms with Gasteiger partial charge < -0.3 is 10.6 Å². The average Bonchev–Trinajstić information content (AvgIpc) is 2.83. The van der Waals surface area contributed by atoms with Crippen LogP contribution < -0.4 is 10.6 Å². The van der Waals surface area contributed by atoms with Crippen molar-refractivity contribution in [3.63, 3.8) is 0 Å². The Hall–Kier alpha value is -0.570. The third kappa shape index (κ3) is 3.82. The monoisotopic (exact) mass is 212 g/mol. The van der Waals surface area contributed by atoms with Gasteiger partial charge in [-0.05, 0) is 39.0 Å². The summed E-state index contributed by atoms with van der Waals surface area (Å²) in [7, 11) is 0. The highest BCUT2D eigenvalue weighted by atomic mass is 16.2. The highest BCUT2D eigenvalue weighted by Crippen LogP contribution is 2.35. The molecule has 0 unspecified atom stereocenters. The van der Waals surface area contributed by atoms with Gasteiger partial charge in [-0.1, -0.05) is 13.8 Å². The Bertz CT molecular complexity index is 220. The van der Waals surface area contributed by atoms with Crippen LogP contribution in [0.4, 0.5) is 0 Å². The molecule has 0 aliphatic heterocycles. The fourth-order valence-electron chi connectivity index (χ4n) is 1.76. The number of hydrogen-bond acceptors (Lipinski definition) is 2. The molecule has 3 nitrogen and oxygen atoms in total. The molecule has 0 aromatic carbocycles. The third-order valence-electron chi connectivity index (χ3n) is 2.76. The smallest absolute Gasteiger partial charge is 0.240 e. The van der Waals surface area contributed by atoms with Gasteiger partial charge in [0, 0.05) is 12.6 Å². The SMILES string of the molecule is CC(C)CCNC(=O)C1(NC(C)C)CC1. The van der Waals surface area contributed by atoms with Gasteiger partial charge in [-0.15, -0.1) is 0 Å². The van der Waals surface area contributed by atoms with E-state index in [1.54, 1.807) is 0 Å². The van der Waals surface area contributed by atoms with Crippen LogP contribution in [0.3, 0.4) is 0 Å². The van der Waals surface area contributed by atoms with Gasteiger partial charge in [0.25, 0.3) is 0 Å². The summed E-state index contributed by atoms with van der Waals surface area (Å²) >= 11 is 0. The largest absolute Gasteiger partial charge is 0.354 e. The number of nitrogens with one attached hydrogen (secondary N) is 2. The Morgan fingerprint density at radius 1 is 1.27 bits per heavy atom. The molecule has 1 saturated carbocycles. The summed E-state index contributed by atoms with van der Waals surface area (Å²) < 4.78 is 0. The summed E-state index contributed by atoms with van der Waals surface area (Å²) in [6.07, 6.45) is 3.03. The molecule has 0 radical (unpaired) electrons. The predicted molar refractivity (Wildman–Crippen MR) is 62.7 cm³/mol. The van der Waals surface area contributed by atoms with Gasteiger partial charge in [0.2, 0.25) is 5.91 Å². The topological polar surface area (TPSA) is 41.1 Å². The molecule has 0 atom stereocenters. The summed E-state index contributed by atoms with van der Waals surface area (Å²) in [4.78, 5) is 11.9. The van der Waals surface area contributed by atoms with Crippen LogP contribution in [0.2, 0.25) is 0 Å². The van der Waals surface area contributed by atoms with Crippen LogP contribution in [-0.4, -0.2) is 24.0 Å². The van der Waals surface area contributed by atoms with E-state index >= 15 is 0 Å². The Kier molecular flexibility index (Phi) is 4.14. The van der Waals surface area contributed by atoms with E-state index in [-0.39, 0.29) is 11.4 Å². The number of rotatable bonds is 6. The molecule has 1 aliphatic rings. The zero-order chi connectivity index (χ0) is 11.5. The lowest BCUT2D eigenvalue weighted by Crippen LogP contribution is -2.49. The lowest BCUT2D eigenvalue weighted by molar-refractivity contribution is -0.124. The maximum atomic E-state index is 11.9. The minimum absolute atomic E-state index is 0.192. The van der Waals surface area contributed by atoms with Gasteiger partial charge in [-0.2, -0.15) is 0 Å². The van der Waals surface area contributed by atoms with Crippen molar-refractivity contribution >= 4 is 5.91 Å². The van der Waals surface area contributed by atoms with Crippen molar-refractivity contribution in [3.05, 3.63) is 0 Å². The minimum Gasteiger partial charge on any atom is -0.354 e. The summed E-state index contributed by atoms with van der Waals surface area (Å²) in [5, 5.41) is 6.38. The Labute approximate surface area is 93.0 Å². The van der Waals surface area contributed by atoms with Crippen molar-refractivity contribution in [2.24, 2.45) is 5.92 Å². The van der Waals surface area contributed by atoms with E-state index in [1.807, 2.05) is 0 Å². The van der Waals surface area contributed by atoms with E-state index in [0.29, 0.717) is 12.0 Å². The maximum Gasteiger partial charge on any atom is 0.240 e. The lowest BCUT2D eigenvalue weighted by atomic mass is 10.1. The van der Waals surface area contributed by atoms with Gasteiger partial charge in [0.05, 0.1) is 5.54 Å². The molecule has 1 amide bonds. The molecule has 0 saturated heterocycles. The second-order valence-corrected chi connectivity index (χ2v) is 5.32. The van der Waals surface area contributed by atoms with Crippen molar-refractivity contribution in [3.8, 4) is 0 Å². The van der Waals surface area contributed by atoms with Crippen molar-refractivity contribution in [1.29, 1.82) is 0 Å². The van der Waals surface area contributed by atoms with Gasteiger partial charge >= 0.3 is 0 Å². The summed E-state index contributed by atoms with van der Waals surface area (Å²) in [5.41, 5.74) is -0.231. The summed E-state index contributed by atoms with van der Waals surface area (Å²) in [6.45, 7) is 9.32. The predicted octanol–water partition coefficient (Wildman–Crippen LogP) is 1.68. The van der Waals surface area contributed by atoms with Gasteiger partial charge in [-0.25, -0.2) is 0 Å². The number of amides is 1. The van der Waals surface area contributed by atoms with Gasteiger partial charge in [-0.3, -0.25) is 4.79 Å². The summed E-state index contributed by atoms with van der Waals surface area (Å²) in [6, 6.07) is 0.378. The van der Waals surface area contributed by atoms with Crippen LogP contribution in [0.15, 0.2) is 0 Å². The van der Waals surface area contributed by atoms with Crippen molar-refractivity contribution < 1.29 is 4.79 Å². The normalized spacial score (nSPS) is 18.3. The minimum atomic E-state index is -0.231. The molecule has 0 heterocycles. The van der Waals surface area contributed by atoms with Crippen LogP contribution in [0, 0.1) is 5.92 Å². The first kappa shape index (κ1) is 12.5. The maximum absolute atomic E-state index is 11.9. The second-order valence-electron chi connectivity index (χ2n) is 5.32. The molecular weight excluding hydrogens is 188 g/mol. The molecule has 0 bridgehead atoms. The fraction of sp³-hybridized carbons (Fsp3) is 0.917. The molecule has 15 heavy (non-hydrogen) atoms. The fourth-order valence-corrected chi connectivity index (χ4v) is 1.76. The Morgan fingerprint density at radius 2 is 1.87 bits per heavy atom. The van der Waals surface area contributed by atoms with Crippen LogP contribution in [0.1, 0.15) is 47.0 Å². The van der Waals surface area contributed by atoms with Gasteiger partial charge in [0.1, 0.15) is 0 Å². The average molecular weight is 212 g/mol. The third-order valence-corrected chi connectivity index (χ3v) is 2.76. The second kappa shape index (κ2) is 4.97. The lowest BCUT2D eigenvalue weighted by Gasteiger charge is -2.20. The highest BCUT2D eigenvalue weighted by molar-refractivity contribution is 5.89. The van der Waals surface area contributed by atoms with Crippen molar-refractivity contribution in [1.82, 2.24) is 10.6 Å². The quantitative estimate of drug-likeness (QED) is 0.703. The van der Waals surface area contributed by atoms with E-state index in [0.717, 1.165) is 25.8 Å². The van der Waals surface area contributed by atoms with E-state index in [9.17, 15) is 4.79 Å².